The van der Waals surface area contributed by atoms with Crippen LogP contribution in [-0.4, -0.2) is 76.4 Å². The van der Waals surface area contributed by atoms with Crippen molar-refractivity contribution < 1.29 is 9.53 Å². The topological polar surface area (TPSA) is 74.2 Å². The molecule has 2 amide bonds. The number of urea groups is 1. The van der Waals surface area contributed by atoms with Gasteiger partial charge in [-0.3, -0.25) is 9.89 Å². The van der Waals surface area contributed by atoms with Crippen LogP contribution in [0.5, 0.6) is 5.88 Å². The Bertz CT molecular complexity index is 1460. The summed E-state index contributed by atoms with van der Waals surface area (Å²) in [6, 6.07) is 14.8. The van der Waals surface area contributed by atoms with Gasteiger partial charge in [-0.2, -0.15) is 4.98 Å². The van der Waals surface area contributed by atoms with Crippen LogP contribution in [0.1, 0.15) is 75.1 Å². The van der Waals surface area contributed by atoms with Gasteiger partial charge in [0.25, 0.3) is 0 Å². The molecule has 0 aliphatic carbocycles. The maximum Gasteiger partial charge on any atom is 0.326 e. The molecule has 3 aromatic rings. The zero-order valence-corrected chi connectivity index (χ0v) is 27.2. The molecule has 0 radical (unpaired) electrons. The van der Waals surface area contributed by atoms with Gasteiger partial charge in [0.15, 0.2) is 0 Å². The number of likely N-dealkylation sites (tertiary alicyclic amines) is 1. The van der Waals surface area contributed by atoms with Crippen molar-refractivity contribution >= 4 is 35.1 Å². The van der Waals surface area contributed by atoms with Gasteiger partial charge in [0, 0.05) is 40.8 Å². The molecular formula is C33H40Cl2N6O2. The van der Waals surface area contributed by atoms with Crippen molar-refractivity contribution in [3.05, 3.63) is 87.3 Å². The average Bonchev–Trinajstić information content (AvgIpc) is 3.37. The first-order valence-electron chi connectivity index (χ1n) is 14.8. The maximum atomic E-state index is 14.7. The lowest BCUT2D eigenvalue weighted by Crippen LogP contribution is -2.51. The third-order valence-corrected chi connectivity index (χ3v) is 8.61. The number of amidine groups is 1. The molecule has 2 aliphatic rings. The Morgan fingerprint density at radius 3 is 2.09 bits per heavy atom. The lowest BCUT2D eigenvalue weighted by atomic mass is 9.93. The Balaban J connectivity index is 1.67. The minimum absolute atomic E-state index is 0.102. The van der Waals surface area contributed by atoms with Gasteiger partial charge in [0.1, 0.15) is 17.7 Å². The number of aliphatic imine (C=N–C) groups is 1. The van der Waals surface area contributed by atoms with Gasteiger partial charge >= 0.3 is 6.03 Å². The first-order chi connectivity index (χ1) is 20.5. The Kier molecular flexibility index (Phi) is 9.30. The highest BCUT2D eigenvalue weighted by Gasteiger charge is 2.45. The average molecular weight is 624 g/mol. The minimum Gasteiger partial charge on any atom is -0.477 e. The Labute approximate surface area is 264 Å². The molecule has 10 heteroatoms. The molecule has 8 nitrogen and oxygen atoms in total. The van der Waals surface area contributed by atoms with Gasteiger partial charge in [-0.05, 0) is 69.3 Å². The Morgan fingerprint density at radius 1 is 0.977 bits per heavy atom. The zero-order valence-electron chi connectivity index (χ0n) is 25.7. The number of piperidine rings is 1. The maximum absolute atomic E-state index is 14.7. The summed E-state index contributed by atoms with van der Waals surface area (Å²) in [5.41, 5.74) is 2.16. The number of halogens is 2. The van der Waals surface area contributed by atoms with Crippen LogP contribution >= 0.6 is 23.2 Å². The number of amides is 2. The van der Waals surface area contributed by atoms with Gasteiger partial charge in [-0.25, -0.2) is 9.78 Å². The number of hydrogen-bond donors (Lipinski definition) is 0. The van der Waals surface area contributed by atoms with Crippen molar-refractivity contribution in [3.8, 4) is 5.88 Å². The predicted molar refractivity (Wildman–Crippen MR) is 172 cm³/mol. The van der Waals surface area contributed by atoms with Crippen LogP contribution in [0.4, 0.5) is 4.79 Å². The highest BCUT2D eigenvalue weighted by molar-refractivity contribution is 6.30. The summed E-state index contributed by atoms with van der Waals surface area (Å²) in [6.07, 6.45) is 3.55. The van der Waals surface area contributed by atoms with E-state index in [0.29, 0.717) is 58.9 Å². The number of aromatic nitrogens is 2. The molecule has 1 fully saturated rings. The highest BCUT2D eigenvalue weighted by Crippen LogP contribution is 2.45. The van der Waals surface area contributed by atoms with E-state index in [1.165, 1.54) is 0 Å². The van der Waals surface area contributed by atoms with E-state index < -0.39 is 12.1 Å². The normalized spacial score (nSPS) is 19.6. The highest BCUT2D eigenvalue weighted by atomic mass is 35.5. The zero-order chi connectivity index (χ0) is 30.9. The van der Waals surface area contributed by atoms with Crippen molar-refractivity contribution in [2.45, 2.75) is 64.1 Å². The second kappa shape index (κ2) is 12.8. The van der Waals surface area contributed by atoms with Crippen LogP contribution in [0, 0.1) is 0 Å². The van der Waals surface area contributed by atoms with Gasteiger partial charge < -0.3 is 14.5 Å². The van der Waals surface area contributed by atoms with E-state index in [0.717, 1.165) is 24.0 Å². The van der Waals surface area contributed by atoms with E-state index >= 15 is 0 Å². The van der Waals surface area contributed by atoms with Gasteiger partial charge in [0.2, 0.25) is 5.88 Å². The van der Waals surface area contributed by atoms with Crippen molar-refractivity contribution in [2.75, 3.05) is 33.8 Å². The number of hydrogen-bond acceptors (Lipinski definition) is 6. The van der Waals surface area contributed by atoms with Gasteiger partial charge in [-0.15, -0.1) is 0 Å². The third kappa shape index (κ3) is 6.66. The molecule has 1 aromatic heterocycles. The molecule has 5 rings (SSSR count). The number of ether oxygens (including phenoxy) is 1. The fourth-order valence-electron chi connectivity index (χ4n) is 5.71. The van der Waals surface area contributed by atoms with Crippen LogP contribution in [-0.2, 0) is 5.41 Å². The fourth-order valence-corrected chi connectivity index (χ4v) is 5.96. The molecule has 2 atom stereocenters. The van der Waals surface area contributed by atoms with Crippen LogP contribution in [0.2, 0.25) is 10.0 Å². The molecule has 0 spiro atoms. The van der Waals surface area contributed by atoms with Crippen LogP contribution in [0.25, 0.3) is 0 Å². The first kappa shape index (κ1) is 31.2. The Morgan fingerprint density at radius 2 is 1.56 bits per heavy atom. The summed E-state index contributed by atoms with van der Waals surface area (Å²) in [7, 11) is 4.19. The second-order valence-corrected chi connectivity index (χ2v) is 13.2. The number of carbonyl (C=O) groups excluding carboxylic acids is 1. The fraction of sp³-hybridized carbons (Fsp3) is 0.455. The molecule has 0 saturated carbocycles. The van der Waals surface area contributed by atoms with Gasteiger partial charge in [-0.1, -0.05) is 68.2 Å². The number of carbonyl (C=O) groups is 1. The van der Waals surface area contributed by atoms with Crippen LogP contribution < -0.4 is 4.74 Å². The molecule has 0 bridgehead atoms. The molecule has 3 heterocycles. The molecule has 1 saturated heterocycles. The third-order valence-electron chi connectivity index (χ3n) is 8.11. The summed E-state index contributed by atoms with van der Waals surface area (Å²) in [4.78, 5) is 35.5. The molecule has 0 N–H and O–H groups in total. The molecule has 2 aliphatic heterocycles. The molecule has 43 heavy (non-hydrogen) atoms. The first-order valence-corrected chi connectivity index (χ1v) is 15.6. The van der Waals surface area contributed by atoms with Crippen LogP contribution in [0.3, 0.4) is 0 Å². The summed E-state index contributed by atoms with van der Waals surface area (Å²) >= 11 is 12.6. The summed E-state index contributed by atoms with van der Waals surface area (Å²) in [5, 5.41) is 1.26. The quantitative estimate of drug-likeness (QED) is 0.291. The predicted octanol–water partition coefficient (Wildman–Crippen LogP) is 7.17. The van der Waals surface area contributed by atoms with E-state index in [9.17, 15) is 4.79 Å². The van der Waals surface area contributed by atoms with E-state index in [-0.39, 0.29) is 11.4 Å². The van der Waals surface area contributed by atoms with Gasteiger partial charge in [0.05, 0.1) is 18.2 Å². The number of rotatable bonds is 6. The SMILES string of the molecule is CCOc1nc(C(C)(C)C)ncc1C1=NC(c2ccc(Cl)cc2)C(c2ccc(Cl)cc2)N1C(=O)N1CCC(N(C)C)CC1. The van der Waals surface area contributed by atoms with Crippen molar-refractivity contribution in [2.24, 2.45) is 4.99 Å². The number of nitrogens with zero attached hydrogens (tertiary/aromatic N) is 6. The second-order valence-electron chi connectivity index (χ2n) is 12.4. The molecule has 2 aromatic carbocycles. The van der Waals surface area contributed by atoms with Crippen molar-refractivity contribution in [3.63, 3.8) is 0 Å². The van der Waals surface area contributed by atoms with Crippen molar-refractivity contribution in [1.82, 2.24) is 24.7 Å². The summed E-state index contributed by atoms with van der Waals surface area (Å²) in [5.74, 6) is 1.56. The van der Waals surface area contributed by atoms with E-state index in [2.05, 4.69) is 39.8 Å². The lowest BCUT2D eigenvalue weighted by Gasteiger charge is -2.39. The van der Waals surface area contributed by atoms with E-state index in [1.54, 1.807) is 6.20 Å². The molecular weight excluding hydrogens is 583 g/mol. The standard InChI is InChI=1S/C33H40Cl2N6O2/c1-7-43-30-26(20-36-31(38-30)33(2,3)4)29-37-27(21-8-12-23(34)13-9-21)28(22-10-14-24(35)15-11-22)41(29)32(42)40-18-16-25(17-19-40)39(5)6/h8-15,20,25,27-28H,7,16-19H2,1-6H3. The monoisotopic (exact) mass is 622 g/mol. The van der Waals surface area contributed by atoms with Crippen LogP contribution in [0.15, 0.2) is 59.7 Å². The lowest BCUT2D eigenvalue weighted by molar-refractivity contribution is 0.127. The summed E-state index contributed by atoms with van der Waals surface area (Å²) in [6.45, 7) is 9.82. The molecule has 228 valence electrons. The Hall–Kier alpha value is -3.20. The van der Waals surface area contributed by atoms with Crippen molar-refractivity contribution in [1.29, 1.82) is 0 Å². The largest absolute Gasteiger partial charge is 0.477 e. The summed E-state index contributed by atoms with van der Waals surface area (Å²) < 4.78 is 6.09. The molecule has 2 unspecified atom stereocenters. The van der Waals surface area contributed by atoms with E-state index in [4.69, 9.17) is 42.9 Å². The minimum atomic E-state index is -0.440. The number of benzene rings is 2. The van der Waals surface area contributed by atoms with E-state index in [1.807, 2.05) is 65.3 Å². The smallest absolute Gasteiger partial charge is 0.326 e.